The molecule has 1 saturated heterocycles. The predicted molar refractivity (Wildman–Crippen MR) is 59.5 cm³/mol. The minimum absolute atomic E-state index is 0.824. The van der Waals surface area contributed by atoms with Crippen molar-refractivity contribution in [1.82, 2.24) is 4.90 Å². The van der Waals surface area contributed by atoms with Crippen LogP contribution in [0.5, 0.6) is 0 Å². The summed E-state index contributed by atoms with van der Waals surface area (Å²) >= 11 is 5.67. The fourth-order valence-corrected chi connectivity index (χ4v) is 2.42. The van der Waals surface area contributed by atoms with Gasteiger partial charge >= 0.3 is 0 Å². The van der Waals surface area contributed by atoms with Crippen LogP contribution in [0.3, 0.4) is 0 Å². The summed E-state index contributed by atoms with van der Waals surface area (Å²) in [6.07, 6.45) is 8.02. The van der Waals surface area contributed by atoms with Gasteiger partial charge in [0.05, 0.1) is 0 Å². The van der Waals surface area contributed by atoms with E-state index in [0.29, 0.717) is 0 Å². The summed E-state index contributed by atoms with van der Waals surface area (Å²) in [5.74, 6) is 0.824. The van der Waals surface area contributed by atoms with Gasteiger partial charge in [-0.2, -0.15) is 0 Å². The summed E-state index contributed by atoms with van der Waals surface area (Å²) in [5.41, 5.74) is 0. The smallest absolute Gasteiger partial charge is 0.0223 e. The van der Waals surface area contributed by atoms with E-state index >= 15 is 0 Å². The van der Waals surface area contributed by atoms with Crippen molar-refractivity contribution in [2.75, 3.05) is 19.0 Å². The number of piperidine rings is 1. The van der Waals surface area contributed by atoms with E-state index in [0.717, 1.165) is 11.9 Å². The highest BCUT2D eigenvalue weighted by Crippen LogP contribution is 2.19. The van der Waals surface area contributed by atoms with Crippen LogP contribution in [0, 0.1) is 0 Å². The minimum Gasteiger partial charge on any atom is -0.300 e. The average Bonchev–Trinajstić information content (AvgIpc) is 2.19. The molecule has 78 valence electrons. The van der Waals surface area contributed by atoms with Crippen molar-refractivity contribution in [2.24, 2.45) is 0 Å². The van der Waals surface area contributed by atoms with Gasteiger partial charge in [0.1, 0.15) is 0 Å². The van der Waals surface area contributed by atoms with Gasteiger partial charge in [-0.05, 0) is 45.2 Å². The van der Waals surface area contributed by atoms with Crippen molar-refractivity contribution in [3.63, 3.8) is 0 Å². The van der Waals surface area contributed by atoms with Crippen LogP contribution in [-0.4, -0.2) is 29.9 Å². The molecule has 13 heavy (non-hydrogen) atoms. The second kappa shape index (κ2) is 6.67. The first kappa shape index (κ1) is 11.3. The predicted octanol–water partition coefficient (Wildman–Crippen LogP) is 3.27. The Labute approximate surface area is 87.4 Å². The first-order chi connectivity index (χ1) is 6.38. The second-order valence-electron chi connectivity index (χ2n) is 3.99. The molecular formula is C11H22ClN. The van der Waals surface area contributed by atoms with E-state index in [-0.39, 0.29) is 0 Å². The molecule has 0 amide bonds. The number of likely N-dealkylation sites (tertiary alicyclic amines) is 1. The highest BCUT2D eigenvalue weighted by atomic mass is 35.5. The molecule has 0 bridgehead atoms. The molecule has 1 aliphatic rings. The summed E-state index contributed by atoms with van der Waals surface area (Å²) in [7, 11) is 0. The zero-order chi connectivity index (χ0) is 9.52. The molecule has 0 aromatic rings. The lowest BCUT2D eigenvalue weighted by molar-refractivity contribution is 0.142. The van der Waals surface area contributed by atoms with Crippen molar-refractivity contribution >= 4 is 11.6 Å². The van der Waals surface area contributed by atoms with E-state index in [1.807, 2.05) is 0 Å². The molecule has 0 N–H and O–H groups in total. The number of nitrogens with zero attached hydrogens (tertiary/aromatic N) is 1. The summed E-state index contributed by atoms with van der Waals surface area (Å²) in [5, 5.41) is 0. The molecule has 1 rings (SSSR count). The molecule has 1 heterocycles. The lowest BCUT2D eigenvalue weighted by atomic mass is 10.00. The van der Waals surface area contributed by atoms with Gasteiger partial charge in [0.15, 0.2) is 0 Å². The third-order valence-electron chi connectivity index (χ3n) is 3.05. The highest BCUT2D eigenvalue weighted by molar-refractivity contribution is 6.17. The van der Waals surface area contributed by atoms with Crippen LogP contribution in [0.1, 0.15) is 45.4 Å². The third-order valence-corrected chi connectivity index (χ3v) is 3.32. The molecule has 0 saturated carbocycles. The van der Waals surface area contributed by atoms with Crippen molar-refractivity contribution in [3.8, 4) is 0 Å². The number of alkyl halides is 1. The van der Waals surface area contributed by atoms with Gasteiger partial charge in [0, 0.05) is 11.9 Å². The number of unbranched alkanes of at least 4 members (excludes halogenated alkanes) is 1. The van der Waals surface area contributed by atoms with Crippen LogP contribution in [0.2, 0.25) is 0 Å². The van der Waals surface area contributed by atoms with Gasteiger partial charge in [-0.25, -0.2) is 0 Å². The Morgan fingerprint density at radius 3 is 2.85 bits per heavy atom. The highest BCUT2D eigenvalue weighted by Gasteiger charge is 2.19. The SMILES string of the molecule is CCC1CCCCN1CCCCCl. The Balaban J connectivity index is 2.19. The normalized spacial score (nSPS) is 24.9. The van der Waals surface area contributed by atoms with E-state index in [9.17, 15) is 0 Å². The minimum atomic E-state index is 0.824. The van der Waals surface area contributed by atoms with Crippen molar-refractivity contribution < 1.29 is 0 Å². The van der Waals surface area contributed by atoms with Gasteiger partial charge in [-0.1, -0.05) is 13.3 Å². The maximum Gasteiger partial charge on any atom is 0.0223 e. The number of rotatable bonds is 5. The first-order valence-electron chi connectivity index (χ1n) is 5.68. The molecular weight excluding hydrogens is 182 g/mol. The molecule has 0 aromatic heterocycles. The third kappa shape index (κ3) is 3.86. The van der Waals surface area contributed by atoms with Crippen LogP contribution >= 0.6 is 11.6 Å². The largest absolute Gasteiger partial charge is 0.300 e. The fourth-order valence-electron chi connectivity index (χ4n) is 2.23. The summed E-state index contributed by atoms with van der Waals surface area (Å²) in [6, 6.07) is 0.865. The summed E-state index contributed by atoms with van der Waals surface area (Å²) in [6.45, 7) is 4.90. The zero-order valence-electron chi connectivity index (χ0n) is 8.77. The molecule has 1 aliphatic heterocycles. The zero-order valence-corrected chi connectivity index (χ0v) is 9.52. The van der Waals surface area contributed by atoms with E-state index in [4.69, 9.17) is 11.6 Å². The van der Waals surface area contributed by atoms with Gasteiger partial charge in [-0.3, -0.25) is 0 Å². The van der Waals surface area contributed by atoms with Crippen molar-refractivity contribution in [1.29, 1.82) is 0 Å². The molecule has 2 heteroatoms. The lowest BCUT2D eigenvalue weighted by Crippen LogP contribution is -2.39. The Morgan fingerprint density at radius 1 is 1.31 bits per heavy atom. The van der Waals surface area contributed by atoms with Crippen molar-refractivity contribution in [3.05, 3.63) is 0 Å². The van der Waals surface area contributed by atoms with Crippen molar-refractivity contribution in [2.45, 2.75) is 51.5 Å². The Bertz CT molecular complexity index is 127. The maximum atomic E-state index is 5.67. The van der Waals surface area contributed by atoms with E-state index in [2.05, 4.69) is 11.8 Å². The Morgan fingerprint density at radius 2 is 2.15 bits per heavy atom. The maximum absolute atomic E-state index is 5.67. The lowest BCUT2D eigenvalue weighted by Gasteiger charge is -2.35. The molecule has 0 radical (unpaired) electrons. The quantitative estimate of drug-likeness (QED) is 0.490. The van der Waals surface area contributed by atoms with Crippen LogP contribution in [0.4, 0.5) is 0 Å². The molecule has 1 fully saturated rings. The fraction of sp³-hybridized carbons (Fsp3) is 1.00. The standard InChI is InChI=1S/C11H22ClN/c1-2-11-7-3-5-9-13(11)10-6-4-8-12/h11H,2-10H2,1H3. The Kier molecular flexibility index (Phi) is 5.81. The number of hydrogen-bond donors (Lipinski definition) is 0. The van der Waals surface area contributed by atoms with E-state index in [1.54, 1.807) is 0 Å². The van der Waals surface area contributed by atoms with E-state index in [1.165, 1.54) is 51.6 Å². The van der Waals surface area contributed by atoms with E-state index < -0.39 is 0 Å². The first-order valence-corrected chi connectivity index (χ1v) is 6.22. The van der Waals surface area contributed by atoms with Gasteiger partial charge < -0.3 is 4.90 Å². The molecule has 1 unspecified atom stereocenters. The molecule has 1 nitrogen and oxygen atoms in total. The monoisotopic (exact) mass is 203 g/mol. The topological polar surface area (TPSA) is 3.24 Å². The van der Waals surface area contributed by atoms with Crippen LogP contribution < -0.4 is 0 Å². The van der Waals surface area contributed by atoms with Gasteiger partial charge in [-0.15, -0.1) is 11.6 Å². The molecule has 1 atom stereocenters. The number of halogens is 1. The molecule has 0 spiro atoms. The van der Waals surface area contributed by atoms with Gasteiger partial charge in [0.2, 0.25) is 0 Å². The molecule has 0 aromatic carbocycles. The number of hydrogen-bond acceptors (Lipinski definition) is 1. The summed E-state index contributed by atoms with van der Waals surface area (Å²) in [4.78, 5) is 2.66. The van der Waals surface area contributed by atoms with Gasteiger partial charge in [0.25, 0.3) is 0 Å². The second-order valence-corrected chi connectivity index (χ2v) is 4.37. The Hall–Kier alpha value is 0.250. The van der Waals surface area contributed by atoms with Crippen LogP contribution in [0.25, 0.3) is 0 Å². The molecule has 0 aliphatic carbocycles. The summed E-state index contributed by atoms with van der Waals surface area (Å²) < 4.78 is 0. The van der Waals surface area contributed by atoms with Crippen LogP contribution in [-0.2, 0) is 0 Å². The van der Waals surface area contributed by atoms with Crippen LogP contribution in [0.15, 0.2) is 0 Å². The average molecular weight is 204 g/mol.